The van der Waals surface area contributed by atoms with Gasteiger partial charge in [0.25, 0.3) is 0 Å². The summed E-state index contributed by atoms with van der Waals surface area (Å²) >= 11 is 5.85. The molecular weight excluding hydrogens is 461 g/mol. The van der Waals surface area contributed by atoms with Gasteiger partial charge in [-0.2, -0.15) is 0 Å². The maximum absolute atomic E-state index is 13.3. The minimum absolute atomic E-state index is 0.0886. The number of ether oxygens (including phenoxy) is 3. The molecule has 3 rings (SSSR count). The second-order valence-corrected chi connectivity index (χ2v) is 6.70. The highest BCUT2D eigenvalue weighted by Crippen LogP contribution is 2.28. The quantitative estimate of drug-likeness (QED) is 0.372. The van der Waals surface area contributed by atoms with Crippen molar-refractivity contribution in [2.24, 2.45) is 0 Å². The van der Waals surface area contributed by atoms with Gasteiger partial charge in [0.15, 0.2) is 0 Å². The van der Waals surface area contributed by atoms with Crippen molar-refractivity contribution in [1.29, 1.82) is 0 Å². The second kappa shape index (κ2) is 12.5. The first-order valence-electron chi connectivity index (χ1n) is 9.77. The van der Waals surface area contributed by atoms with Crippen LogP contribution in [0.5, 0.6) is 11.5 Å². The number of halogens is 4. The van der Waals surface area contributed by atoms with Crippen LogP contribution in [-0.2, 0) is 9.47 Å². The van der Waals surface area contributed by atoms with Gasteiger partial charge in [-0.25, -0.2) is 22.8 Å². The molecule has 0 aliphatic heterocycles. The van der Waals surface area contributed by atoms with Gasteiger partial charge in [0.2, 0.25) is 0 Å². The molecular formula is C24H20ClF3O5. The fourth-order valence-corrected chi connectivity index (χ4v) is 2.66. The van der Waals surface area contributed by atoms with Crippen LogP contribution in [0.2, 0.25) is 5.02 Å². The first-order chi connectivity index (χ1) is 15.7. The van der Waals surface area contributed by atoms with Crippen LogP contribution in [0.3, 0.4) is 0 Å². The first-order valence-corrected chi connectivity index (χ1v) is 10.1. The molecule has 0 atom stereocenters. The Balaban J connectivity index is 0.000000257. The summed E-state index contributed by atoms with van der Waals surface area (Å²) in [6, 6.07) is 13.0. The van der Waals surface area contributed by atoms with E-state index in [0.29, 0.717) is 16.8 Å². The molecule has 9 heteroatoms. The predicted octanol–water partition coefficient (Wildman–Crippen LogP) is 6.59. The Kier molecular flexibility index (Phi) is 9.75. The van der Waals surface area contributed by atoms with E-state index in [1.807, 2.05) is 0 Å². The van der Waals surface area contributed by atoms with Crippen molar-refractivity contribution >= 4 is 23.5 Å². The highest BCUT2D eigenvalue weighted by atomic mass is 35.5. The fraction of sp³-hybridized carbons (Fsp3) is 0.167. The number of rotatable bonds is 6. The van der Waals surface area contributed by atoms with Gasteiger partial charge in [-0.1, -0.05) is 17.7 Å². The number of carbonyl (C=O) groups is 2. The third-order valence-electron chi connectivity index (χ3n) is 3.89. The third kappa shape index (κ3) is 7.84. The van der Waals surface area contributed by atoms with E-state index in [1.165, 1.54) is 12.1 Å². The third-order valence-corrected chi connectivity index (χ3v) is 4.12. The zero-order valence-corrected chi connectivity index (χ0v) is 18.5. The molecule has 0 heterocycles. The molecule has 0 unspecified atom stereocenters. The standard InChI is InChI=1S/C15H12ClFO3.C9H8F2O2/c1-2-19-15(18)13-7-6-11(17)9-14(13)20-12-5-3-4-10(16)8-12;1-2-13-9(12)7-4-3-6(10)5-8(7)11/h3-9H,2H2,1H3;3-5H,2H2,1H3. The lowest BCUT2D eigenvalue weighted by Gasteiger charge is -2.10. The summed E-state index contributed by atoms with van der Waals surface area (Å²) in [6.07, 6.45) is 0. The van der Waals surface area contributed by atoms with Crippen molar-refractivity contribution < 1.29 is 37.0 Å². The second-order valence-electron chi connectivity index (χ2n) is 6.27. The molecule has 33 heavy (non-hydrogen) atoms. The van der Waals surface area contributed by atoms with Gasteiger partial charge in [-0.15, -0.1) is 0 Å². The predicted molar refractivity (Wildman–Crippen MR) is 116 cm³/mol. The molecule has 0 saturated carbocycles. The molecule has 0 aromatic heterocycles. The lowest BCUT2D eigenvalue weighted by atomic mass is 10.2. The first kappa shape index (κ1) is 25.7. The SMILES string of the molecule is CCOC(=O)c1ccc(F)cc1F.CCOC(=O)c1ccc(F)cc1Oc1cccc(Cl)c1. The lowest BCUT2D eigenvalue weighted by molar-refractivity contribution is 0.0512. The molecule has 5 nitrogen and oxygen atoms in total. The zero-order chi connectivity index (χ0) is 24.4. The Morgan fingerprint density at radius 1 is 0.788 bits per heavy atom. The highest BCUT2D eigenvalue weighted by Gasteiger charge is 2.16. The Morgan fingerprint density at radius 2 is 1.36 bits per heavy atom. The molecule has 0 N–H and O–H groups in total. The average Bonchev–Trinajstić information content (AvgIpc) is 2.74. The van der Waals surface area contributed by atoms with Crippen molar-refractivity contribution in [3.8, 4) is 11.5 Å². The zero-order valence-electron chi connectivity index (χ0n) is 17.7. The van der Waals surface area contributed by atoms with Crippen LogP contribution in [0.15, 0.2) is 60.7 Å². The average molecular weight is 481 g/mol. The minimum atomic E-state index is -0.904. The van der Waals surface area contributed by atoms with E-state index in [2.05, 4.69) is 4.74 Å². The van der Waals surface area contributed by atoms with E-state index in [-0.39, 0.29) is 30.1 Å². The van der Waals surface area contributed by atoms with Gasteiger partial charge in [-0.3, -0.25) is 0 Å². The molecule has 0 spiro atoms. The van der Waals surface area contributed by atoms with Crippen molar-refractivity contribution in [3.05, 3.63) is 94.3 Å². The summed E-state index contributed by atoms with van der Waals surface area (Å²) in [7, 11) is 0. The van der Waals surface area contributed by atoms with E-state index in [9.17, 15) is 22.8 Å². The van der Waals surface area contributed by atoms with Gasteiger partial charge in [0, 0.05) is 17.2 Å². The van der Waals surface area contributed by atoms with Gasteiger partial charge in [0.05, 0.1) is 18.8 Å². The Morgan fingerprint density at radius 3 is 1.94 bits per heavy atom. The minimum Gasteiger partial charge on any atom is -0.462 e. The molecule has 0 bridgehead atoms. The summed E-state index contributed by atoms with van der Waals surface area (Å²) < 4.78 is 53.6. The van der Waals surface area contributed by atoms with Crippen LogP contribution in [0.4, 0.5) is 13.2 Å². The van der Waals surface area contributed by atoms with E-state index in [4.69, 9.17) is 21.1 Å². The van der Waals surface area contributed by atoms with E-state index < -0.39 is 29.4 Å². The molecule has 0 radical (unpaired) electrons. The van der Waals surface area contributed by atoms with Crippen LogP contribution in [0, 0.1) is 17.5 Å². The van der Waals surface area contributed by atoms with Crippen molar-refractivity contribution in [1.82, 2.24) is 0 Å². The number of esters is 2. The summed E-state index contributed by atoms with van der Waals surface area (Å²) in [5.74, 6) is -2.97. The molecule has 0 aliphatic carbocycles. The summed E-state index contributed by atoms with van der Waals surface area (Å²) in [5, 5.41) is 0.483. The monoisotopic (exact) mass is 480 g/mol. The van der Waals surface area contributed by atoms with Gasteiger partial charge in [0.1, 0.15) is 34.5 Å². The maximum atomic E-state index is 13.3. The van der Waals surface area contributed by atoms with Crippen LogP contribution in [0.25, 0.3) is 0 Å². The number of hydrogen-bond acceptors (Lipinski definition) is 5. The molecule has 0 saturated heterocycles. The Labute approximate surface area is 193 Å². The maximum Gasteiger partial charge on any atom is 0.341 e. The Hall–Kier alpha value is -3.52. The highest BCUT2D eigenvalue weighted by molar-refractivity contribution is 6.30. The summed E-state index contributed by atoms with van der Waals surface area (Å²) in [4.78, 5) is 22.8. The van der Waals surface area contributed by atoms with Crippen LogP contribution >= 0.6 is 11.6 Å². The summed E-state index contributed by atoms with van der Waals surface area (Å²) in [6.45, 7) is 3.70. The van der Waals surface area contributed by atoms with Crippen molar-refractivity contribution in [2.45, 2.75) is 13.8 Å². The van der Waals surface area contributed by atoms with E-state index in [0.717, 1.165) is 18.2 Å². The number of hydrogen-bond donors (Lipinski definition) is 0. The Bertz CT molecular complexity index is 1120. The van der Waals surface area contributed by atoms with Crippen molar-refractivity contribution in [3.63, 3.8) is 0 Å². The van der Waals surface area contributed by atoms with Gasteiger partial charge in [-0.05, 0) is 56.3 Å². The topological polar surface area (TPSA) is 61.8 Å². The number of benzene rings is 3. The molecule has 3 aromatic rings. The lowest BCUT2D eigenvalue weighted by Crippen LogP contribution is -2.07. The van der Waals surface area contributed by atoms with Crippen LogP contribution < -0.4 is 4.74 Å². The molecule has 0 aliphatic rings. The molecule has 3 aromatic carbocycles. The number of carbonyl (C=O) groups excluding carboxylic acids is 2. The van der Waals surface area contributed by atoms with Gasteiger partial charge >= 0.3 is 11.9 Å². The van der Waals surface area contributed by atoms with Gasteiger partial charge < -0.3 is 14.2 Å². The molecule has 0 amide bonds. The largest absolute Gasteiger partial charge is 0.462 e. The normalized spacial score (nSPS) is 10.0. The summed E-state index contributed by atoms with van der Waals surface area (Å²) in [5.41, 5.74) is -0.0866. The van der Waals surface area contributed by atoms with E-state index in [1.54, 1.807) is 38.1 Å². The van der Waals surface area contributed by atoms with Crippen LogP contribution in [0.1, 0.15) is 34.6 Å². The molecule has 0 fully saturated rings. The molecule has 174 valence electrons. The van der Waals surface area contributed by atoms with Crippen LogP contribution in [-0.4, -0.2) is 25.2 Å². The van der Waals surface area contributed by atoms with E-state index >= 15 is 0 Å². The van der Waals surface area contributed by atoms with Crippen molar-refractivity contribution in [2.75, 3.05) is 13.2 Å². The smallest absolute Gasteiger partial charge is 0.341 e. The fourth-order valence-electron chi connectivity index (χ4n) is 2.48.